The number of ether oxygens (including phenoxy) is 6. The summed E-state index contributed by atoms with van der Waals surface area (Å²) < 4.78 is 35.3. The fourth-order valence-corrected chi connectivity index (χ4v) is 11.1. The van der Waals surface area contributed by atoms with Crippen LogP contribution in [0, 0.1) is 0 Å². The van der Waals surface area contributed by atoms with E-state index in [1.807, 2.05) is 58.0 Å². The molecule has 2 aromatic heterocycles. The van der Waals surface area contributed by atoms with Crippen molar-refractivity contribution in [3.63, 3.8) is 0 Å². The van der Waals surface area contributed by atoms with E-state index >= 15 is 0 Å². The van der Waals surface area contributed by atoms with Gasteiger partial charge in [-0.2, -0.15) is 0 Å². The highest BCUT2D eigenvalue weighted by molar-refractivity contribution is 7.17. The molecule has 4 heterocycles. The van der Waals surface area contributed by atoms with E-state index in [1.165, 1.54) is 29.8 Å². The van der Waals surface area contributed by atoms with E-state index in [9.17, 15) is 19.2 Å². The molecule has 1 unspecified atom stereocenters. The highest BCUT2D eigenvalue weighted by Gasteiger charge is 2.25. The van der Waals surface area contributed by atoms with Crippen LogP contribution in [0.2, 0.25) is 0 Å². The van der Waals surface area contributed by atoms with E-state index < -0.39 is 0 Å². The van der Waals surface area contributed by atoms with Crippen molar-refractivity contribution in [1.82, 2.24) is 30.4 Å². The maximum absolute atomic E-state index is 13.0. The number of rotatable bonds is 26. The molecule has 20 nitrogen and oxygen atoms in total. The summed E-state index contributed by atoms with van der Waals surface area (Å²) in [6.45, 7) is 22.0. The van der Waals surface area contributed by atoms with Crippen molar-refractivity contribution in [2.75, 3.05) is 61.7 Å². The molecular formula is C64H86N10O10S2. The Morgan fingerprint density at radius 1 is 0.593 bits per heavy atom. The number of aromatic nitrogens is 2. The minimum Gasteiger partial charge on any atom is -0.493 e. The minimum absolute atomic E-state index is 0.104. The fourth-order valence-electron chi connectivity index (χ4n) is 9.79. The fraction of sp³-hybridized carbons (Fsp3) is 0.469. The average molecular weight is 1220 g/mol. The average Bonchev–Trinajstić information content (AvgIpc) is 4.34. The molecule has 6 amide bonds. The van der Waals surface area contributed by atoms with E-state index in [1.54, 1.807) is 74.1 Å². The summed E-state index contributed by atoms with van der Waals surface area (Å²) in [4.78, 5) is 64.1. The Morgan fingerprint density at radius 3 is 1.73 bits per heavy atom. The van der Waals surface area contributed by atoms with Gasteiger partial charge in [0.1, 0.15) is 17.6 Å². The van der Waals surface area contributed by atoms with Gasteiger partial charge in [0, 0.05) is 85.0 Å². The number of thiazole rings is 2. The van der Waals surface area contributed by atoms with Crippen molar-refractivity contribution < 1.29 is 47.6 Å². The molecule has 6 aromatic rings. The number of carbonyl (C=O) groups excluding carboxylic acids is 4. The zero-order valence-corrected chi connectivity index (χ0v) is 52.9. The summed E-state index contributed by atoms with van der Waals surface area (Å²) in [6.07, 6.45) is 11.1. The van der Waals surface area contributed by atoms with Gasteiger partial charge < -0.3 is 54.6 Å². The first-order valence-corrected chi connectivity index (χ1v) is 31.5. The molecule has 8 rings (SSSR count). The normalized spacial score (nSPS) is 14.7. The first-order valence-electron chi connectivity index (χ1n) is 29.9. The number of methoxy groups -OCH3 is 2. The number of urea groups is 2. The Labute approximate surface area is 514 Å². The Balaban J connectivity index is 0.000000246. The SMILES string of the molecule is CCC(CC)NC(=O)Nc1ccc(Oc2cnc(NC(=O)c3ccc(COC4CCN(C(C)C)CC4)cc3)s2)c(OC)c1.CCC(CC)NC(=O)Nc1ccc(Oc2cnc(NC(=O)c3cccc(OC4CCCN(C(C)C)C4)c3)s2)c(COC)c1. The van der Waals surface area contributed by atoms with E-state index in [4.69, 9.17) is 28.4 Å². The van der Waals surface area contributed by atoms with Crippen molar-refractivity contribution in [3.8, 4) is 33.1 Å². The zero-order chi connectivity index (χ0) is 61.5. The lowest BCUT2D eigenvalue weighted by Crippen LogP contribution is -2.44. The summed E-state index contributed by atoms with van der Waals surface area (Å²) in [5, 5.41) is 19.1. The van der Waals surface area contributed by atoms with Crippen LogP contribution < -0.4 is 50.8 Å². The van der Waals surface area contributed by atoms with E-state index in [0.29, 0.717) is 84.6 Å². The molecule has 0 aliphatic carbocycles. The molecule has 0 spiro atoms. The largest absolute Gasteiger partial charge is 0.493 e. The number of carbonyl (C=O) groups is 4. The van der Waals surface area contributed by atoms with Crippen LogP contribution >= 0.6 is 22.7 Å². The third-order valence-electron chi connectivity index (χ3n) is 15.0. The second-order valence-electron chi connectivity index (χ2n) is 21.8. The lowest BCUT2D eigenvalue weighted by Gasteiger charge is -2.35. The molecule has 1 atom stereocenters. The maximum atomic E-state index is 13.0. The van der Waals surface area contributed by atoms with Crippen LogP contribution in [-0.2, 0) is 22.7 Å². The topological polar surface area (TPSA) is 228 Å². The number of hydrogen-bond acceptors (Lipinski definition) is 16. The predicted molar refractivity (Wildman–Crippen MR) is 341 cm³/mol. The molecule has 86 heavy (non-hydrogen) atoms. The maximum Gasteiger partial charge on any atom is 0.319 e. The van der Waals surface area contributed by atoms with Crippen molar-refractivity contribution in [2.45, 2.75) is 156 Å². The van der Waals surface area contributed by atoms with E-state index in [0.717, 1.165) is 88.7 Å². The Hall–Kier alpha value is -7.34. The number of likely N-dealkylation sites (tertiary alicyclic amines) is 2. The molecule has 0 bridgehead atoms. The molecule has 464 valence electrons. The van der Waals surface area contributed by atoms with Gasteiger partial charge in [-0.05, 0) is 152 Å². The van der Waals surface area contributed by atoms with Gasteiger partial charge in [-0.15, -0.1) is 0 Å². The number of hydrogen-bond donors (Lipinski definition) is 6. The smallest absolute Gasteiger partial charge is 0.319 e. The molecule has 2 aliphatic heterocycles. The lowest BCUT2D eigenvalue weighted by atomic mass is 10.1. The quantitative estimate of drug-likeness (QED) is 0.0297. The Morgan fingerprint density at radius 2 is 1.16 bits per heavy atom. The molecule has 6 N–H and O–H groups in total. The minimum atomic E-state index is -0.277. The third kappa shape index (κ3) is 20.4. The zero-order valence-electron chi connectivity index (χ0n) is 51.3. The van der Waals surface area contributed by atoms with Gasteiger partial charge in [0.25, 0.3) is 11.8 Å². The summed E-state index contributed by atoms with van der Waals surface area (Å²) >= 11 is 2.42. The number of benzene rings is 4. The van der Waals surface area contributed by atoms with Gasteiger partial charge in [-0.25, -0.2) is 19.6 Å². The molecule has 2 saturated heterocycles. The van der Waals surface area contributed by atoms with E-state index in [2.05, 4.69) is 79.4 Å². The van der Waals surface area contributed by atoms with Gasteiger partial charge in [0.05, 0.1) is 38.8 Å². The molecule has 4 aromatic carbocycles. The van der Waals surface area contributed by atoms with Gasteiger partial charge in [-0.1, -0.05) is 68.6 Å². The first kappa shape index (κ1) is 66.2. The Kier molecular flexibility index (Phi) is 25.8. The molecule has 2 fully saturated rings. The highest BCUT2D eigenvalue weighted by atomic mass is 32.1. The summed E-state index contributed by atoms with van der Waals surface area (Å²) in [6, 6.07) is 26.0. The number of piperidine rings is 2. The van der Waals surface area contributed by atoms with Gasteiger partial charge in [-0.3, -0.25) is 25.1 Å². The number of nitrogens with zero attached hydrogens (tertiary/aromatic N) is 4. The first-order chi connectivity index (χ1) is 41.5. The second-order valence-corrected chi connectivity index (χ2v) is 23.7. The van der Waals surface area contributed by atoms with Crippen molar-refractivity contribution >= 4 is 68.2 Å². The number of anilines is 4. The van der Waals surface area contributed by atoms with Crippen molar-refractivity contribution in [1.29, 1.82) is 0 Å². The van der Waals surface area contributed by atoms with Crippen LogP contribution in [0.25, 0.3) is 0 Å². The molecule has 0 radical (unpaired) electrons. The van der Waals surface area contributed by atoms with Gasteiger partial charge in [0.15, 0.2) is 21.8 Å². The van der Waals surface area contributed by atoms with Crippen LogP contribution in [0.1, 0.15) is 139 Å². The molecule has 22 heteroatoms. The van der Waals surface area contributed by atoms with E-state index in [-0.39, 0.29) is 54.8 Å². The molecular weight excluding hydrogens is 1130 g/mol. The van der Waals surface area contributed by atoms with Gasteiger partial charge in [0.2, 0.25) is 10.1 Å². The predicted octanol–water partition coefficient (Wildman–Crippen LogP) is 13.8. The third-order valence-corrected chi connectivity index (χ3v) is 16.5. The van der Waals surface area contributed by atoms with Crippen LogP contribution in [0.15, 0.2) is 97.3 Å². The summed E-state index contributed by atoms with van der Waals surface area (Å²) in [5.74, 6) is 1.62. The lowest BCUT2D eigenvalue weighted by molar-refractivity contribution is -0.00803. The van der Waals surface area contributed by atoms with Crippen molar-refractivity contribution in [3.05, 3.63) is 120 Å². The standard InChI is InChI=1S/2C32H43N5O5S/c1-6-24(7-2)34-31(39)35-25-12-13-27(28(18-25)40-5)42-29-19-33-32(43-29)36-30(38)23-10-8-22(9-11-23)20-41-26-14-16-37(17-15-26)21(3)4;1-6-24(7-2)34-31(39)35-25-13-14-28(23(16-25)20-40-5)42-29-18-33-32(43-29)36-30(38)22-10-8-11-26(17-22)41-27-12-9-15-37(19-27)21(3)4/h8-13,18-19,21,24,26H,6-7,14-17,20H2,1-5H3,(H,33,36,38)(H2,34,35,39);8,10-11,13-14,16-18,21,24,27H,6-7,9,12,15,19-20H2,1-5H3,(H,33,36,38)(H2,34,35,39). The highest BCUT2D eigenvalue weighted by Crippen LogP contribution is 2.38. The number of nitrogens with one attached hydrogen (secondary N) is 6. The molecule has 2 aliphatic rings. The number of amides is 6. The van der Waals surface area contributed by atoms with Crippen LogP contribution in [0.4, 0.5) is 31.2 Å². The monoisotopic (exact) mass is 1220 g/mol. The summed E-state index contributed by atoms with van der Waals surface area (Å²) in [5.41, 5.74) is 4.03. The summed E-state index contributed by atoms with van der Waals surface area (Å²) in [7, 11) is 3.13. The second kappa shape index (κ2) is 33.5. The van der Waals surface area contributed by atoms with Crippen LogP contribution in [-0.4, -0.2) is 120 Å². The van der Waals surface area contributed by atoms with Crippen molar-refractivity contribution in [2.24, 2.45) is 0 Å². The molecule has 0 saturated carbocycles. The Bertz CT molecular complexity index is 3100. The van der Waals surface area contributed by atoms with Crippen LogP contribution in [0.5, 0.6) is 33.1 Å². The van der Waals surface area contributed by atoms with Gasteiger partial charge >= 0.3 is 12.1 Å². The van der Waals surface area contributed by atoms with Crippen LogP contribution in [0.3, 0.4) is 0 Å².